The van der Waals surface area contributed by atoms with Gasteiger partial charge in [-0.15, -0.1) is 0 Å². The van der Waals surface area contributed by atoms with Crippen molar-refractivity contribution in [2.45, 2.75) is 40.2 Å². The molecular formula is C16H26O6. The van der Waals surface area contributed by atoms with Crippen molar-refractivity contribution in [3.05, 3.63) is 37.5 Å². The fourth-order valence-electron chi connectivity index (χ4n) is 0.545. The molecular weight excluding hydrogens is 288 g/mol. The van der Waals surface area contributed by atoms with Crippen molar-refractivity contribution in [1.82, 2.24) is 0 Å². The number of ether oxygens (including phenoxy) is 2. The summed E-state index contributed by atoms with van der Waals surface area (Å²) < 4.78 is 9.26. The van der Waals surface area contributed by atoms with Gasteiger partial charge in [0, 0.05) is 17.7 Å². The lowest BCUT2D eigenvalue weighted by Gasteiger charge is -2.17. The molecule has 0 heterocycles. The lowest BCUT2D eigenvalue weighted by atomic mass is 10.2. The zero-order chi connectivity index (χ0) is 18.3. The highest BCUT2D eigenvalue weighted by Gasteiger charge is 2.12. The van der Waals surface area contributed by atoms with Gasteiger partial charge in [0.2, 0.25) is 0 Å². The van der Waals surface area contributed by atoms with Crippen molar-refractivity contribution >= 4 is 17.9 Å². The van der Waals surface area contributed by atoms with E-state index >= 15 is 0 Å². The van der Waals surface area contributed by atoms with Gasteiger partial charge in [-0.1, -0.05) is 19.7 Å². The summed E-state index contributed by atoms with van der Waals surface area (Å²) in [5.74, 6) is -1.67. The maximum absolute atomic E-state index is 10.5. The Kier molecular flexibility index (Phi) is 15.2. The van der Waals surface area contributed by atoms with E-state index in [2.05, 4.69) is 24.5 Å². The molecule has 0 aliphatic rings. The van der Waals surface area contributed by atoms with Crippen molar-refractivity contribution in [2.24, 2.45) is 0 Å². The number of carboxylic acid groups (broad SMARTS) is 1. The molecule has 0 atom stereocenters. The molecule has 1 N–H and O–H groups in total. The van der Waals surface area contributed by atoms with E-state index < -0.39 is 11.6 Å². The monoisotopic (exact) mass is 314 g/mol. The van der Waals surface area contributed by atoms with E-state index in [9.17, 15) is 14.4 Å². The van der Waals surface area contributed by atoms with Gasteiger partial charge in [-0.2, -0.15) is 0 Å². The molecule has 22 heavy (non-hydrogen) atoms. The van der Waals surface area contributed by atoms with Crippen LogP contribution in [-0.4, -0.2) is 35.2 Å². The Balaban J connectivity index is -0.000000252. The molecule has 0 aromatic heterocycles. The van der Waals surface area contributed by atoms with Gasteiger partial charge >= 0.3 is 17.9 Å². The Morgan fingerprint density at radius 3 is 1.55 bits per heavy atom. The Bertz CT molecular complexity index is 389. The number of carbonyl (C=O) groups excluding carboxylic acids is 2. The molecule has 6 nitrogen and oxygen atoms in total. The molecule has 126 valence electrons. The number of esters is 2. The van der Waals surface area contributed by atoms with Crippen LogP contribution >= 0.6 is 0 Å². The lowest BCUT2D eigenvalue weighted by molar-refractivity contribution is -0.148. The van der Waals surface area contributed by atoms with Crippen molar-refractivity contribution in [3.8, 4) is 0 Å². The molecule has 0 radical (unpaired) electrons. The topological polar surface area (TPSA) is 89.9 Å². The van der Waals surface area contributed by atoms with Gasteiger partial charge in [-0.3, -0.25) is 0 Å². The Hall–Kier alpha value is -2.37. The molecule has 0 unspecified atom stereocenters. The molecule has 0 amide bonds. The number of carbonyl (C=O) groups is 3. The average molecular weight is 314 g/mol. The predicted octanol–water partition coefficient (Wildman–Crippen LogP) is 2.90. The number of rotatable bonds is 4. The fraction of sp³-hybridized carbons (Fsp3) is 0.438. The number of hydrogen-bond donors (Lipinski definition) is 1. The van der Waals surface area contributed by atoms with Gasteiger partial charge in [0.25, 0.3) is 0 Å². The third-order valence-electron chi connectivity index (χ3n) is 1.39. The SMILES string of the molecule is C=C(C)C(=O)O.C=CC(=O)OC(C)(C)C.C=CC(=O)OCC. The highest BCUT2D eigenvalue weighted by molar-refractivity contribution is 5.84. The first-order chi connectivity index (χ1) is 9.91. The first-order valence-corrected chi connectivity index (χ1v) is 6.44. The highest BCUT2D eigenvalue weighted by Crippen LogP contribution is 2.06. The van der Waals surface area contributed by atoms with Gasteiger partial charge in [-0.05, 0) is 34.6 Å². The van der Waals surface area contributed by atoms with Crippen LogP contribution in [0.2, 0.25) is 0 Å². The quantitative estimate of drug-likeness (QED) is 0.634. The molecule has 0 aliphatic carbocycles. The van der Waals surface area contributed by atoms with Crippen LogP contribution in [0.25, 0.3) is 0 Å². The van der Waals surface area contributed by atoms with E-state index in [0.717, 1.165) is 12.2 Å². The van der Waals surface area contributed by atoms with Crippen LogP contribution in [0.4, 0.5) is 0 Å². The van der Waals surface area contributed by atoms with E-state index in [1.807, 2.05) is 20.8 Å². The van der Waals surface area contributed by atoms with Crippen LogP contribution in [0.15, 0.2) is 37.5 Å². The first kappa shape index (κ1) is 24.6. The Morgan fingerprint density at radius 2 is 1.45 bits per heavy atom. The minimum Gasteiger partial charge on any atom is -0.478 e. The van der Waals surface area contributed by atoms with Gasteiger partial charge in [0.1, 0.15) is 5.60 Å². The molecule has 0 saturated carbocycles. The summed E-state index contributed by atoms with van der Waals surface area (Å²) in [7, 11) is 0. The van der Waals surface area contributed by atoms with Crippen LogP contribution in [-0.2, 0) is 23.9 Å². The van der Waals surface area contributed by atoms with Crippen LogP contribution in [0.3, 0.4) is 0 Å². The van der Waals surface area contributed by atoms with Gasteiger partial charge in [0.15, 0.2) is 0 Å². The minimum absolute atomic E-state index is 0.176. The van der Waals surface area contributed by atoms with E-state index in [-0.39, 0.29) is 17.5 Å². The van der Waals surface area contributed by atoms with Crippen LogP contribution < -0.4 is 0 Å². The number of carboxylic acids is 1. The maximum Gasteiger partial charge on any atom is 0.330 e. The summed E-state index contributed by atoms with van der Waals surface area (Å²) in [5, 5.41) is 7.89. The summed E-state index contributed by atoms with van der Waals surface area (Å²) in [6.45, 7) is 18.7. The van der Waals surface area contributed by atoms with Crippen LogP contribution in [0.1, 0.15) is 34.6 Å². The van der Waals surface area contributed by atoms with Crippen LogP contribution in [0.5, 0.6) is 0 Å². The molecule has 0 aliphatic heterocycles. The van der Waals surface area contributed by atoms with Crippen molar-refractivity contribution in [1.29, 1.82) is 0 Å². The van der Waals surface area contributed by atoms with E-state index in [1.165, 1.54) is 6.92 Å². The maximum atomic E-state index is 10.5. The average Bonchev–Trinajstić information content (AvgIpc) is 2.38. The summed E-state index contributed by atoms with van der Waals surface area (Å²) >= 11 is 0. The van der Waals surface area contributed by atoms with E-state index in [4.69, 9.17) is 9.84 Å². The fourth-order valence-corrected chi connectivity index (χ4v) is 0.545. The lowest BCUT2D eigenvalue weighted by Crippen LogP contribution is -2.22. The second-order valence-corrected chi connectivity index (χ2v) is 4.78. The number of hydrogen-bond acceptors (Lipinski definition) is 5. The molecule has 6 heteroatoms. The molecule has 0 aromatic rings. The smallest absolute Gasteiger partial charge is 0.330 e. The second kappa shape index (κ2) is 13.6. The number of aliphatic carboxylic acids is 1. The standard InChI is InChI=1S/C7H12O2.C5H8O2.C4H6O2/c1-5-6(8)9-7(2,3)4;1-3-5(6)7-4-2;1-3(2)4(5)6/h5H,1H2,2-4H3;3H,1,4H2,2H3;1H2,2H3,(H,5,6). The molecule has 0 saturated heterocycles. The summed E-state index contributed by atoms with van der Waals surface area (Å²) in [4.78, 5) is 30.2. The zero-order valence-electron chi connectivity index (χ0n) is 14.0. The zero-order valence-corrected chi connectivity index (χ0v) is 14.0. The predicted molar refractivity (Wildman–Crippen MR) is 85.3 cm³/mol. The Morgan fingerprint density at radius 1 is 1.09 bits per heavy atom. The van der Waals surface area contributed by atoms with Gasteiger partial charge in [-0.25, -0.2) is 14.4 Å². The van der Waals surface area contributed by atoms with Gasteiger partial charge < -0.3 is 14.6 Å². The summed E-state index contributed by atoms with van der Waals surface area (Å²) in [6.07, 6.45) is 2.30. The van der Waals surface area contributed by atoms with E-state index in [0.29, 0.717) is 6.61 Å². The van der Waals surface area contributed by atoms with Crippen molar-refractivity contribution < 1.29 is 29.0 Å². The third kappa shape index (κ3) is 26.2. The summed E-state index contributed by atoms with van der Waals surface area (Å²) in [5.41, 5.74) is -0.222. The minimum atomic E-state index is -0.935. The first-order valence-electron chi connectivity index (χ1n) is 6.44. The van der Waals surface area contributed by atoms with E-state index in [1.54, 1.807) is 6.92 Å². The third-order valence-corrected chi connectivity index (χ3v) is 1.39. The Labute approximate surface area is 132 Å². The second-order valence-electron chi connectivity index (χ2n) is 4.78. The molecule has 0 aromatic carbocycles. The molecule has 0 bridgehead atoms. The molecule has 0 fully saturated rings. The van der Waals surface area contributed by atoms with Crippen molar-refractivity contribution in [3.63, 3.8) is 0 Å². The highest BCUT2D eigenvalue weighted by atomic mass is 16.6. The van der Waals surface area contributed by atoms with Gasteiger partial charge in [0.05, 0.1) is 6.61 Å². The normalized spacial score (nSPS) is 8.77. The summed E-state index contributed by atoms with van der Waals surface area (Å²) in [6, 6.07) is 0. The van der Waals surface area contributed by atoms with Crippen molar-refractivity contribution in [2.75, 3.05) is 6.61 Å². The largest absolute Gasteiger partial charge is 0.478 e. The molecule has 0 rings (SSSR count). The molecule has 0 spiro atoms. The van der Waals surface area contributed by atoms with Crippen LogP contribution in [0, 0.1) is 0 Å².